The van der Waals surface area contributed by atoms with Gasteiger partial charge < -0.3 is 20.9 Å². The molecule has 0 bridgehead atoms. The standard InChI is InChI=1S/C16H21N3O4/c1-14-15(18,8-5-9-17)12(21)19-16(14,13(22)23-14)11(20)10-6-3-2-4-7-10/h3,6,10-11,20H,2,4-5,7-8,18H2,1H3,(H,19,21)/t10-,11+,14+,15-,16+/m1/s1. The van der Waals surface area contributed by atoms with Crippen molar-refractivity contribution < 1.29 is 19.4 Å². The van der Waals surface area contributed by atoms with E-state index in [9.17, 15) is 14.7 Å². The van der Waals surface area contributed by atoms with E-state index in [2.05, 4.69) is 5.32 Å². The van der Waals surface area contributed by atoms with Crippen LogP contribution in [0.4, 0.5) is 0 Å². The fraction of sp³-hybridized carbons (Fsp3) is 0.688. The number of aliphatic hydroxyl groups is 1. The molecule has 0 spiro atoms. The van der Waals surface area contributed by atoms with Crippen LogP contribution in [0.5, 0.6) is 0 Å². The minimum absolute atomic E-state index is 0.0621. The van der Waals surface area contributed by atoms with Crippen LogP contribution >= 0.6 is 0 Å². The first kappa shape index (κ1) is 16.0. The second kappa shape index (κ2) is 5.05. The number of ether oxygens (including phenoxy) is 1. The maximum atomic E-state index is 12.5. The molecule has 5 atom stereocenters. The molecular weight excluding hydrogens is 298 g/mol. The molecule has 0 saturated carbocycles. The summed E-state index contributed by atoms with van der Waals surface area (Å²) in [5.41, 5.74) is 1.83. The van der Waals surface area contributed by atoms with Gasteiger partial charge in [0.05, 0.1) is 12.2 Å². The number of nitriles is 1. The van der Waals surface area contributed by atoms with E-state index in [1.807, 2.05) is 18.2 Å². The number of allylic oxidation sites excluding steroid dienone is 1. The third-order valence-corrected chi connectivity index (χ3v) is 5.71. The lowest BCUT2D eigenvalue weighted by Crippen LogP contribution is -2.83. The monoisotopic (exact) mass is 319 g/mol. The van der Waals surface area contributed by atoms with Crippen LogP contribution in [0.2, 0.25) is 0 Å². The lowest BCUT2D eigenvalue weighted by molar-refractivity contribution is -0.241. The number of esters is 1. The summed E-state index contributed by atoms with van der Waals surface area (Å²) < 4.78 is 5.31. The highest BCUT2D eigenvalue weighted by molar-refractivity contribution is 6.05. The molecule has 124 valence electrons. The van der Waals surface area contributed by atoms with E-state index in [-0.39, 0.29) is 18.8 Å². The van der Waals surface area contributed by atoms with Gasteiger partial charge in [0.1, 0.15) is 5.54 Å². The number of nitrogens with two attached hydrogens (primary N) is 1. The van der Waals surface area contributed by atoms with Gasteiger partial charge in [-0.3, -0.25) is 4.79 Å². The largest absolute Gasteiger partial charge is 0.452 e. The second-order valence-corrected chi connectivity index (χ2v) is 6.78. The molecule has 0 radical (unpaired) electrons. The summed E-state index contributed by atoms with van der Waals surface area (Å²) in [5, 5.41) is 22.3. The van der Waals surface area contributed by atoms with Gasteiger partial charge in [-0.05, 0) is 32.6 Å². The highest BCUT2D eigenvalue weighted by Crippen LogP contribution is 2.54. The zero-order chi connectivity index (χ0) is 16.9. The smallest absolute Gasteiger partial charge is 0.339 e. The Balaban J connectivity index is 1.99. The number of carbonyl (C=O) groups is 2. The van der Waals surface area contributed by atoms with Crippen molar-refractivity contribution >= 4 is 11.9 Å². The number of carbonyl (C=O) groups excluding carboxylic acids is 2. The Bertz CT molecular complexity index is 627. The number of fused-ring (bicyclic) bond motifs is 1. The van der Waals surface area contributed by atoms with Crippen molar-refractivity contribution in [1.82, 2.24) is 5.32 Å². The topological polar surface area (TPSA) is 125 Å². The van der Waals surface area contributed by atoms with Gasteiger partial charge in [-0.1, -0.05) is 12.2 Å². The molecule has 1 amide bonds. The average molecular weight is 319 g/mol. The number of nitrogens with zero attached hydrogens (tertiary/aromatic N) is 1. The molecule has 3 aliphatic rings. The Morgan fingerprint density at radius 1 is 1.61 bits per heavy atom. The zero-order valence-corrected chi connectivity index (χ0v) is 13.0. The molecule has 2 fully saturated rings. The van der Waals surface area contributed by atoms with Crippen LogP contribution in [0.3, 0.4) is 0 Å². The predicted octanol–water partition coefficient (Wildman–Crippen LogP) is -0.111. The Labute approximate surface area is 134 Å². The van der Waals surface area contributed by atoms with E-state index in [1.54, 1.807) is 6.92 Å². The molecule has 2 saturated heterocycles. The SMILES string of the molecule is C[C@@]12OC(=O)[C@]1([C@@H](O)[C@@H]1C=CCCC1)NC(=O)[C@]2(N)CCC#N. The van der Waals surface area contributed by atoms with Gasteiger partial charge in [-0.15, -0.1) is 0 Å². The summed E-state index contributed by atoms with van der Waals surface area (Å²) in [6.07, 6.45) is 5.45. The van der Waals surface area contributed by atoms with Gasteiger partial charge in [-0.25, -0.2) is 4.79 Å². The summed E-state index contributed by atoms with van der Waals surface area (Å²) in [6.45, 7) is 1.57. The number of hydrogen-bond donors (Lipinski definition) is 3. The van der Waals surface area contributed by atoms with E-state index in [1.165, 1.54) is 0 Å². The maximum absolute atomic E-state index is 12.5. The van der Waals surface area contributed by atoms with Crippen LogP contribution in [0, 0.1) is 17.2 Å². The highest BCUT2D eigenvalue weighted by Gasteiger charge is 2.84. The van der Waals surface area contributed by atoms with Crippen LogP contribution in [0.25, 0.3) is 0 Å². The first-order chi connectivity index (χ1) is 10.8. The summed E-state index contributed by atoms with van der Waals surface area (Å²) in [5.74, 6) is -1.46. The molecule has 0 aromatic carbocycles. The molecule has 23 heavy (non-hydrogen) atoms. The molecular formula is C16H21N3O4. The first-order valence-electron chi connectivity index (χ1n) is 7.90. The van der Waals surface area contributed by atoms with E-state index in [0.717, 1.165) is 19.3 Å². The quantitative estimate of drug-likeness (QED) is 0.490. The molecule has 7 nitrogen and oxygen atoms in total. The molecule has 0 unspecified atom stereocenters. The van der Waals surface area contributed by atoms with Crippen molar-refractivity contribution in [2.75, 3.05) is 0 Å². The summed E-state index contributed by atoms with van der Waals surface area (Å²) >= 11 is 0. The van der Waals surface area contributed by atoms with Crippen LogP contribution in [0.1, 0.15) is 39.0 Å². The van der Waals surface area contributed by atoms with Crippen LogP contribution in [-0.4, -0.2) is 39.8 Å². The number of hydrogen-bond acceptors (Lipinski definition) is 6. The lowest BCUT2D eigenvalue weighted by atomic mass is 9.62. The van der Waals surface area contributed by atoms with Crippen molar-refractivity contribution in [3.05, 3.63) is 12.2 Å². The van der Waals surface area contributed by atoms with Crippen molar-refractivity contribution in [3.8, 4) is 6.07 Å². The second-order valence-electron chi connectivity index (χ2n) is 6.78. The van der Waals surface area contributed by atoms with E-state index in [4.69, 9.17) is 15.7 Å². The van der Waals surface area contributed by atoms with Crippen molar-refractivity contribution in [3.63, 3.8) is 0 Å². The van der Waals surface area contributed by atoms with E-state index < -0.39 is 34.7 Å². The Hall–Kier alpha value is -1.91. The Kier molecular flexibility index (Phi) is 3.50. The number of aliphatic hydroxyl groups excluding tert-OH is 1. The van der Waals surface area contributed by atoms with E-state index in [0.29, 0.717) is 0 Å². The summed E-state index contributed by atoms with van der Waals surface area (Å²) in [6, 6.07) is 1.96. The minimum Gasteiger partial charge on any atom is -0.452 e. The molecule has 0 aromatic rings. The molecule has 2 heterocycles. The summed E-state index contributed by atoms with van der Waals surface area (Å²) in [7, 11) is 0. The van der Waals surface area contributed by atoms with Gasteiger partial charge in [0, 0.05) is 12.3 Å². The highest BCUT2D eigenvalue weighted by atomic mass is 16.6. The number of nitrogens with one attached hydrogen (secondary N) is 1. The van der Waals surface area contributed by atoms with Crippen LogP contribution in [-0.2, 0) is 14.3 Å². The first-order valence-corrected chi connectivity index (χ1v) is 7.90. The molecule has 3 rings (SSSR count). The average Bonchev–Trinajstić information content (AvgIpc) is 2.69. The minimum atomic E-state index is -1.54. The fourth-order valence-electron chi connectivity index (χ4n) is 4.12. The van der Waals surface area contributed by atoms with Crippen molar-refractivity contribution in [1.29, 1.82) is 5.26 Å². The van der Waals surface area contributed by atoms with Gasteiger partial charge in [0.2, 0.25) is 11.4 Å². The number of rotatable bonds is 4. The normalized spacial score (nSPS) is 43.0. The van der Waals surface area contributed by atoms with Crippen molar-refractivity contribution in [2.24, 2.45) is 11.7 Å². The molecule has 1 aliphatic carbocycles. The molecule has 7 heteroatoms. The Morgan fingerprint density at radius 3 is 2.91 bits per heavy atom. The van der Waals surface area contributed by atoms with Gasteiger partial charge in [0.25, 0.3) is 0 Å². The maximum Gasteiger partial charge on any atom is 0.339 e. The zero-order valence-electron chi connectivity index (χ0n) is 13.0. The molecule has 4 N–H and O–H groups in total. The van der Waals surface area contributed by atoms with E-state index >= 15 is 0 Å². The Morgan fingerprint density at radius 2 is 2.35 bits per heavy atom. The predicted molar refractivity (Wildman–Crippen MR) is 79.6 cm³/mol. The van der Waals surface area contributed by atoms with Gasteiger partial charge in [-0.2, -0.15) is 5.26 Å². The van der Waals surface area contributed by atoms with Crippen LogP contribution < -0.4 is 11.1 Å². The third-order valence-electron chi connectivity index (χ3n) is 5.71. The van der Waals surface area contributed by atoms with Crippen LogP contribution in [0.15, 0.2) is 12.2 Å². The van der Waals surface area contributed by atoms with Gasteiger partial charge >= 0.3 is 5.97 Å². The molecule has 2 aliphatic heterocycles. The van der Waals surface area contributed by atoms with Gasteiger partial charge in [0.15, 0.2) is 5.60 Å². The van der Waals surface area contributed by atoms with Crippen molar-refractivity contribution in [2.45, 2.75) is 61.8 Å². The summed E-state index contributed by atoms with van der Waals surface area (Å²) in [4.78, 5) is 24.8. The molecule has 0 aromatic heterocycles. The lowest BCUT2D eigenvalue weighted by Gasteiger charge is -2.56. The third kappa shape index (κ3) is 1.76. The number of amides is 1. The fourth-order valence-corrected chi connectivity index (χ4v) is 4.12.